The predicted molar refractivity (Wildman–Crippen MR) is 117 cm³/mol. The molecule has 9 nitrogen and oxygen atoms in total. The molecule has 0 bridgehead atoms. The van der Waals surface area contributed by atoms with E-state index in [1.54, 1.807) is 0 Å². The lowest BCUT2D eigenvalue weighted by molar-refractivity contribution is -0.203. The fourth-order valence-electron chi connectivity index (χ4n) is 6.29. The molecule has 36 heavy (non-hydrogen) atoms. The van der Waals surface area contributed by atoms with Gasteiger partial charge >= 0.3 is 18.1 Å². The van der Waals surface area contributed by atoms with E-state index < -0.39 is 59.3 Å². The van der Waals surface area contributed by atoms with Crippen molar-refractivity contribution in [3.63, 3.8) is 0 Å². The number of carboxylic acid groups (broad SMARTS) is 1. The van der Waals surface area contributed by atoms with Crippen LogP contribution < -0.4 is 5.73 Å². The smallest absolute Gasteiger partial charge is 0.479 e. The minimum absolute atomic E-state index is 0.0402. The maximum Gasteiger partial charge on any atom is 0.511 e. The lowest BCUT2D eigenvalue weighted by Crippen LogP contribution is -2.61. The van der Waals surface area contributed by atoms with Crippen molar-refractivity contribution in [3.05, 3.63) is 35.6 Å². The van der Waals surface area contributed by atoms with Crippen molar-refractivity contribution in [1.82, 2.24) is 0 Å². The first-order chi connectivity index (χ1) is 16.9. The van der Waals surface area contributed by atoms with Gasteiger partial charge in [-0.1, -0.05) is 19.1 Å². The van der Waals surface area contributed by atoms with Crippen LogP contribution in [0.2, 0.25) is 0 Å². The third-order valence-electron chi connectivity index (χ3n) is 8.82. The van der Waals surface area contributed by atoms with Crippen molar-refractivity contribution in [2.75, 3.05) is 0 Å². The zero-order valence-corrected chi connectivity index (χ0v) is 19.9. The van der Waals surface area contributed by atoms with Crippen molar-refractivity contribution in [1.29, 1.82) is 0 Å². The molecule has 4 fully saturated rings. The minimum Gasteiger partial charge on any atom is -0.479 e. The maximum atomic E-state index is 15.1. The Bertz CT molecular complexity index is 1080. The topological polar surface area (TPSA) is 134 Å². The van der Waals surface area contributed by atoms with E-state index in [1.807, 2.05) is 6.92 Å². The van der Waals surface area contributed by atoms with Gasteiger partial charge in [-0.15, -0.1) is 0 Å². The average molecular weight is 510 g/mol. The van der Waals surface area contributed by atoms with E-state index in [0.29, 0.717) is 11.5 Å². The van der Waals surface area contributed by atoms with Crippen molar-refractivity contribution >= 4 is 18.1 Å². The largest absolute Gasteiger partial charge is 0.511 e. The van der Waals surface area contributed by atoms with Crippen LogP contribution in [0.25, 0.3) is 0 Å². The molecule has 3 N–H and O–H groups in total. The number of aliphatic carboxylic acids is 1. The lowest BCUT2D eigenvalue weighted by atomic mass is 9.47. The van der Waals surface area contributed by atoms with Gasteiger partial charge in [-0.25, -0.2) is 23.2 Å². The second-order valence-electron chi connectivity index (χ2n) is 10.7. The quantitative estimate of drug-likeness (QED) is 0.400. The minimum atomic E-state index is -2.69. The summed E-state index contributed by atoms with van der Waals surface area (Å²) < 4.78 is 49.7. The van der Waals surface area contributed by atoms with Crippen LogP contribution in [0, 0.1) is 29.0 Å². The number of fused-ring (bicyclic) bond motifs is 2. The van der Waals surface area contributed by atoms with E-state index in [4.69, 9.17) is 24.7 Å². The summed E-state index contributed by atoms with van der Waals surface area (Å²) in [5.74, 6) is -5.17. The van der Waals surface area contributed by atoms with Gasteiger partial charge in [0.25, 0.3) is 0 Å². The highest BCUT2D eigenvalue weighted by molar-refractivity contribution is 5.91. The monoisotopic (exact) mass is 509 g/mol. The van der Waals surface area contributed by atoms with E-state index in [-0.39, 0.29) is 24.5 Å². The summed E-state index contributed by atoms with van der Waals surface area (Å²) >= 11 is 0. The zero-order valence-electron chi connectivity index (χ0n) is 19.9. The standard InChI is InChI=1S/C25H29F2NO8/c1-12(35-22(32)36-17-9-14-7-8-23(14,17)2)34-21(31)25(28)18(10-16-19(25)24(16,27)20(29)30)33-11-13-3-5-15(26)6-4-13/h3-6,12,14,16-19H,7-11,28H2,1-2H3,(H,29,30)/t12?,14?,16-,17-,18-,19+,23+,24-,25+/m1/s1. The van der Waals surface area contributed by atoms with Gasteiger partial charge in [0.1, 0.15) is 17.5 Å². The third-order valence-corrected chi connectivity index (χ3v) is 8.82. The van der Waals surface area contributed by atoms with Crippen molar-refractivity contribution in [2.24, 2.45) is 28.9 Å². The Balaban J connectivity index is 1.23. The van der Waals surface area contributed by atoms with Crippen LogP contribution in [0.5, 0.6) is 0 Å². The second-order valence-corrected chi connectivity index (χ2v) is 10.7. The van der Waals surface area contributed by atoms with Gasteiger partial charge in [-0.05, 0) is 49.3 Å². The molecule has 4 aliphatic carbocycles. The highest BCUT2D eigenvalue weighted by Gasteiger charge is 2.85. The molecule has 4 saturated carbocycles. The molecule has 5 rings (SSSR count). The van der Waals surface area contributed by atoms with Crippen LogP contribution in [-0.2, 0) is 35.1 Å². The molecule has 0 heterocycles. The van der Waals surface area contributed by atoms with Gasteiger partial charge in [0.05, 0.1) is 12.7 Å². The average Bonchev–Trinajstić information content (AvgIpc) is 3.30. The molecule has 196 valence electrons. The Morgan fingerprint density at radius 3 is 2.42 bits per heavy atom. The number of carbonyl (C=O) groups excluding carboxylic acids is 2. The Kier molecular flexibility index (Phi) is 5.79. The van der Waals surface area contributed by atoms with Gasteiger partial charge in [-0.2, -0.15) is 0 Å². The molecule has 9 atom stereocenters. The Morgan fingerprint density at radius 2 is 1.86 bits per heavy atom. The summed E-state index contributed by atoms with van der Waals surface area (Å²) in [6.07, 6.45) is -1.04. The molecule has 0 saturated heterocycles. The first-order valence-electron chi connectivity index (χ1n) is 12.1. The summed E-state index contributed by atoms with van der Waals surface area (Å²) in [6, 6.07) is 5.43. The first-order valence-corrected chi connectivity index (χ1v) is 12.1. The van der Waals surface area contributed by atoms with Crippen LogP contribution in [0.1, 0.15) is 45.1 Å². The lowest BCUT2D eigenvalue weighted by Gasteiger charge is -2.60. The van der Waals surface area contributed by atoms with Crippen LogP contribution >= 0.6 is 0 Å². The summed E-state index contributed by atoms with van der Waals surface area (Å²) in [4.78, 5) is 36.9. The van der Waals surface area contributed by atoms with Crippen molar-refractivity contribution in [2.45, 2.75) is 75.8 Å². The van der Waals surface area contributed by atoms with E-state index in [9.17, 15) is 23.9 Å². The summed E-state index contributed by atoms with van der Waals surface area (Å²) in [5, 5.41) is 9.39. The number of benzene rings is 1. The predicted octanol–water partition coefficient (Wildman–Crippen LogP) is 3.08. The number of rotatable bonds is 8. The van der Waals surface area contributed by atoms with Gasteiger partial charge in [-0.3, -0.25) is 0 Å². The van der Waals surface area contributed by atoms with E-state index in [1.165, 1.54) is 31.2 Å². The second kappa shape index (κ2) is 8.37. The molecule has 2 unspecified atom stereocenters. The van der Waals surface area contributed by atoms with Crippen LogP contribution in [0.3, 0.4) is 0 Å². The molecular weight excluding hydrogens is 480 g/mol. The number of ether oxygens (including phenoxy) is 4. The molecule has 0 aliphatic heterocycles. The zero-order chi connectivity index (χ0) is 26.0. The molecule has 1 aromatic rings. The molecule has 0 aromatic heterocycles. The van der Waals surface area contributed by atoms with Gasteiger partial charge < -0.3 is 29.8 Å². The summed E-state index contributed by atoms with van der Waals surface area (Å²) in [5.41, 5.74) is 2.06. The molecule has 11 heteroatoms. The highest BCUT2D eigenvalue weighted by Crippen LogP contribution is 2.67. The van der Waals surface area contributed by atoms with Gasteiger partial charge in [0.2, 0.25) is 12.0 Å². The SMILES string of the molecule is CC(OC(=O)O[C@@H]1CC2CC[C@@]21C)OC(=O)[C@@]1(N)[C@H]2[C@@H](C[C@H]1OCc1ccc(F)cc1)[C@]2(F)C(=O)O. The van der Waals surface area contributed by atoms with Crippen LogP contribution in [0.4, 0.5) is 13.6 Å². The Labute approximate surface area is 206 Å². The number of alkyl halides is 1. The van der Waals surface area contributed by atoms with Crippen LogP contribution in [-0.4, -0.2) is 52.9 Å². The fraction of sp³-hybridized carbons (Fsp3) is 0.640. The maximum absolute atomic E-state index is 15.1. The number of halogens is 2. The number of esters is 1. The first kappa shape index (κ1) is 24.9. The van der Waals surface area contributed by atoms with Crippen molar-refractivity contribution < 1.29 is 47.2 Å². The molecule has 0 spiro atoms. The summed E-state index contributed by atoms with van der Waals surface area (Å²) in [6.45, 7) is 3.27. The van der Waals surface area contributed by atoms with E-state index in [2.05, 4.69) is 0 Å². The molecule has 1 aromatic carbocycles. The fourth-order valence-corrected chi connectivity index (χ4v) is 6.29. The van der Waals surface area contributed by atoms with E-state index in [0.717, 1.165) is 19.3 Å². The molecule has 0 radical (unpaired) electrons. The molecule has 0 amide bonds. The Morgan fingerprint density at radius 1 is 1.17 bits per heavy atom. The normalized spacial score (nSPS) is 40.5. The van der Waals surface area contributed by atoms with Crippen molar-refractivity contribution in [3.8, 4) is 0 Å². The van der Waals surface area contributed by atoms with Gasteiger partial charge in [0, 0.05) is 24.2 Å². The number of hydrogen-bond acceptors (Lipinski definition) is 8. The third kappa shape index (κ3) is 3.66. The number of carbonyl (C=O) groups is 3. The Hall–Kier alpha value is -2.79. The summed E-state index contributed by atoms with van der Waals surface area (Å²) in [7, 11) is 0. The van der Waals surface area contributed by atoms with E-state index >= 15 is 4.39 Å². The molecular formula is C25H29F2NO8. The van der Waals surface area contributed by atoms with Crippen LogP contribution in [0.15, 0.2) is 24.3 Å². The number of hydrogen-bond donors (Lipinski definition) is 2. The highest BCUT2D eigenvalue weighted by atomic mass is 19.1. The number of carboxylic acids is 1. The molecule has 4 aliphatic rings. The number of nitrogens with two attached hydrogens (primary N) is 1. The van der Waals surface area contributed by atoms with Gasteiger partial charge in [0.15, 0.2) is 0 Å².